The first kappa shape index (κ1) is 49.1. The van der Waals surface area contributed by atoms with Gasteiger partial charge >= 0.3 is 0 Å². The highest BCUT2D eigenvalue weighted by molar-refractivity contribution is 5.98. The zero-order valence-electron chi connectivity index (χ0n) is 34.2. The Hall–Kier alpha value is -1.91. The van der Waals surface area contributed by atoms with E-state index in [-0.39, 0.29) is 18.4 Å². The lowest BCUT2D eigenvalue weighted by Gasteiger charge is -2.19. The van der Waals surface area contributed by atoms with Crippen molar-refractivity contribution in [2.24, 2.45) is 5.73 Å². The first-order valence-electron chi connectivity index (χ1n) is 22.4. The van der Waals surface area contributed by atoms with Crippen LogP contribution >= 0.6 is 0 Å². The lowest BCUT2D eigenvalue weighted by atomic mass is 10.0. The summed E-state index contributed by atoms with van der Waals surface area (Å²) in [5.41, 5.74) is 5.38. The van der Waals surface area contributed by atoms with E-state index >= 15 is 0 Å². The van der Waals surface area contributed by atoms with E-state index in [0.29, 0.717) is 12.8 Å². The maximum atomic E-state index is 12.8. The molecule has 0 bridgehead atoms. The van der Waals surface area contributed by atoms with E-state index in [9.17, 15) is 14.4 Å². The van der Waals surface area contributed by atoms with Crippen molar-refractivity contribution in [1.82, 2.24) is 4.90 Å². The molecule has 2 N–H and O–H groups in total. The number of hydrogen-bond donors (Lipinski definition) is 1. The van der Waals surface area contributed by atoms with Crippen molar-refractivity contribution in [3.05, 3.63) is 24.3 Å². The number of primary amides is 1. The summed E-state index contributed by atoms with van der Waals surface area (Å²) >= 11 is 0. The lowest BCUT2D eigenvalue weighted by Crippen LogP contribution is -2.42. The molecule has 0 aromatic heterocycles. The maximum Gasteiger partial charge on any atom is 0.237 e. The van der Waals surface area contributed by atoms with Gasteiger partial charge in [0.15, 0.2) is 0 Å². The minimum Gasteiger partial charge on any atom is -0.368 e. The van der Waals surface area contributed by atoms with Gasteiger partial charge in [0.25, 0.3) is 0 Å². The smallest absolute Gasteiger partial charge is 0.237 e. The number of nitrogens with zero attached hydrogens (tertiary/aromatic N) is 1. The molecule has 0 aliphatic heterocycles. The van der Waals surface area contributed by atoms with Crippen molar-refractivity contribution >= 4 is 17.7 Å². The number of nitrogens with two attached hydrogens (primary N) is 1. The van der Waals surface area contributed by atoms with Crippen LogP contribution in [0.15, 0.2) is 24.3 Å². The van der Waals surface area contributed by atoms with E-state index in [2.05, 4.69) is 38.2 Å². The number of unbranched alkanes of at least 4 members (excludes halogenated alkanes) is 30. The summed E-state index contributed by atoms with van der Waals surface area (Å²) in [4.78, 5) is 38.3. The fourth-order valence-electron chi connectivity index (χ4n) is 6.85. The second kappa shape index (κ2) is 40.9. The zero-order valence-corrected chi connectivity index (χ0v) is 34.2. The Labute approximate surface area is 317 Å². The number of allylic oxidation sites excluding steroid dienone is 4. The number of amides is 3. The Bertz CT molecular complexity index is 776. The van der Waals surface area contributed by atoms with Crippen LogP contribution in [0.25, 0.3) is 0 Å². The zero-order chi connectivity index (χ0) is 37.3. The maximum absolute atomic E-state index is 12.8. The molecule has 0 radical (unpaired) electrons. The molecule has 0 saturated heterocycles. The average Bonchev–Trinajstić information content (AvgIpc) is 3.12. The summed E-state index contributed by atoms with van der Waals surface area (Å²) in [7, 11) is 0. The van der Waals surface area contributed by atoms with Crippen molar-refractivity contribution in [3.8, 4) is 0 Å². The first-order chi connectivity index (χ1) is 25.0. The van der Waals surface area contributed by atoms with Gasteiger partial charge in [-0.1, -0.05) is 192 Å². The normalized spacial score (nSPS) is 11.6. The van der Waals surface area contributed by atoms with E-state index in [1.165, 1.54) is 180 Å². The molecule has 0 unspecified atom stereocenters. The monoisotopic (exact) mass is 715 g/mol. The summed E-state index contributed by atoms with van der Waals surface area (Å²) in [5.74, 6) is -1.11. The molecule has 0 atom stereocenters. The third-order valence-electron chi connectivity index (χ3n) is 10.2. The van der Waals surface area contributed by atoms with Crippen LogP contribution in [0.1, 0.15) is 245 Å². The Morgan fingerprint density at radius 3 is 0.863 bits per heavy atom. The number of hydrogen-bond acceptors (Lipinski definition) is 3. The highest BCUT2D eigenvalue weighted by atomic mass is 16.2. The number of imide groups is 1. The Morgan fingerprint density at radius 1 is 0.373 bits per heavy atom. The van der Waals surface area contributed by atoms with Gasteiger partial charge in [0, 0.05) is 12.8 Å². The minimum absolute atomic E-state index is 0.242. The van der Waals surface area contributed by atoms with E-state index < -0.39 is 5.91 Å². The predicted molar refractivity (Wildman–Crippen MR) is 222 cm³/mol. The van der Waals surface area contributed by atoms with Crippen LogP contribution in [0.5, 0.6) is 0 Å². The van der Waals surface area contributed by atoms with Crippen molar-refractivity contribution in [3.63, 3.8) is 0 Å². The van der Waals surface area contributed by atoms with Gasteiger partial charge in [-0.25, -0.2) is 0 Å². The highest BCUT2D eigenvalue weighted by Gasteiger charge is 2.22. The molecule has 298 valence electrons. The number of carbonyl (C=O) groups is 3. The van der Waals surface area contributed by atoms with E-state index in [1.54, 1.807) is 0 Å². The second-order valence-corrected chi connectivity index (χ2v) is 15.3. The Kier molecular flexibility index (Phi) is 39.3. The van der Waals surface area contributed by atoms with Gasteiger partial charge in [-0.05, 0) is 64.2 Å². The third kappa shape index (κ3) is 37.6. The number of carbonyl (C=O) groups excluding carboxylic acids is 3. The van der Waals surface area contributed by atoms with Crippen LogP contribution in [0.2, 0.25) is 0 Å². The van der Waals surface area contributed by atoms with Crippen LogP contribution in [-0.2, 0) is 14.4 Å². The molecule has 0 rings (SSSR count). The summed E-state index contributed by atoms with van der Waals surface area (Å²) in [6.07, 6.45) is 52.7. The molecule has 5 heteroatoms. The fraction of sp³-hybridized carbons (Fsp3) is 0.848. The predicted octanol–water partition coefficient (Wildman–Crippen LogP) is 14.0. The average molecular weight is 715 g/mol. The van der Waals surface area contributed by atoms with E-state index in [0.717, 1.165) is 43.4 Å². The SMILES string of the molecule is CCCCCCCCC=CCCCCCCCCCCCC(=O)N(CC(N)=O)C(=O)CCCCCCCCCCCC=CCCCCCCCC. The van der Waals surface area contributed by atoms with Crippen LogP contribution in [0.4, 0.5) is 0 Å². The van der Waals surface area contributed by atoms with Crippen LogP contribution in [0.3, 0.4) is 0 Å². The largest absolute Gasteiger partial charge is 0.368 e. The standard InChI is InChI=1S/C46H86N2O3/c1-3-5-7-9-11-13-15-17-19-21-23-25-27-29-31-33-35-37-39-41-45(50)48(43-44(47)49)46(51)42-40-38-36-34-32-30-28-26-24-22-20-18-16-14-12-10-8-6-4-2/h17-20H,3-16,21-43H2,1-2H3,(H2,47,49). The van der Waals surface area contributed by atoms with E-state index in [1.807, 2.05) is 0 Å². The minimum atomic E-state index is -0.620. The molecule has 0 aliphatic carbocycles. The topological polar surface area (TPSA) is 80.5 Å². The molecular weight excluding hydrogens is 629 g/mol. The molecule has 3 amide bonds. The molecule has 0 aromatic rings. The molecule has 0 aromatic carbocycles. The molecule has 0 saturated carbocycles. The molecular formula is C46H86N2O3. The highest BCUT2D eigenvalue weighted by Crippen LogP contribution is 2.15. The van der Waals surface area contributed by atoms with Crippen molar-refractivity contribution in [2.45, 2.75) is 245 Å². The summed E-state index contributed by atoms with van der Waals surface area (Å²) < 4.78 is 0. The van der Waals surface area contributed by atoms with Gasteiger partial charge in [-0.15, -0.1) is 0 Å². The van der Waals surface area contributed by atoms with Crippen LogP contribution < -0.4 is 5.73 Å². The summed E-state index contributed by atoms with van der Waals surface area (Å²) in [6.45, 7) is 4.25. The van der Waals surface area contributed by atoms with Gasteiger partial charge in [-0.3, -0.25) is 19.3 Å². The molecule has 0 fully saturated rings. The van der Waals surface area contributed by atoms with Crippen molar-refractivity contribution < 1.29 is 14.4 Å². The Balaban J connectivity index is 3.73. The third-order valence-corrected chi connectivity index (χ3v) is 10.2. The molecule has 5 nitrogen and oxygen atoms in total. The lowest BCUT2D eigenvalue weighted by molar-refractivity contribution is -0.147. The van der Waals surface area contributed by atoms with Crippen LogP contribution in [0, 0.1) is 0 Å². The fourth-order valence-corrected chi connectivity index (χ4v) is 6.85. The molecule has 51 heavy (non-hydrogen) atoms. The Morgan fingerprint density at radius 2 is 0.608 bits per heavy atom. The van der Waals surface area contributed by atoms with Gasteiger partial charge in [-0.2, -0.15) is 0 Å². The number of rotatable bonds is 40. The molecule has 0 spiro atoms. The van der Waals surface area contributed by atoms with Gasteiger partial charge < -0.3 is 5.73 Å². The second-order valence-electron chi connectivity index (χ2n) is 15.3. The van der Waals surface area contributed by atoms with Gasteiger partial charge in [0.1, 0.15) is 6.54 Å². The first-order valence-corrected chi connectivity index (χ1v) is 22.4. The van der Waals surface area contributed by atoms with Crippen molar-refractivity contribution in [2.75, 3.05) is 6.54 Å². The van der Waals surface area contributed by atoms with Gasteiger partial charge in [0.05, 0.1) is 0 Å². The quantitative estimate of drug-likeness (QED) is 0.0507. The van der Waals surface area contributed by atoms with Gasteiger partial charge in [0.2, 0.25) is 17.7 Å². The molecule has 0 heterocycles. The van der Waals surface area contributed by atoms with Crippen LogP contribution in [-0.4, -0.2) is 29.2 Å². The summed E-state index contributed by atoms with van der Waals surface area (Å²) in [5, 5.41) is 0. The molecule has 0 aliphatic rings. The van der Waals surface area contributed by atoms with E-state index in [4.69, 9.17) is 5.73 Å². The van der Waals surface area contributed by atoms with Crippen molar-refractivity contribution in [1.29, 1.82) is 0 Å². The summed E-state index contributed by atoms with van der Waals surface area (Å²) in [6, 6.07) is 0.